The minimum absolute atomic E-state index is 0.0647. The maximum atomic E-state index is 13.1. The number of halogens is 1. The molecule has 136 valence electrons. The lowest BCUT2D eigenvalue weighted by Gasteiger charge is -2.24. The number of ketones is 1. The molecule has 3 aromatic carbocycles. The maximum Gasteiger partial charge on any atom is 0.315 e. The highest BCUT2D eigenvalue weighted by atomic mass is 35.5. The first-order valence-corrected chi connectivity index (χ1v) is 8.71. The van der Waals surface area contributed by atoms with Crippen molar-refractivity contribution in [1.82, 2.24) is 0 Å². The molecule has 3 aromatic rings. The SMILES string of the molecule is O=C(O)[C@@H](C(=O)c1ccccc1)[C@@H](c1ccc(O)cc1)c1ccc(Cl)cc1. The van der Waals surface area contributed by atoms with Gasteiger partial charge >= 0.3 is 5.97 Å². The van der Waals surface area contributed by atoms with Crippen molar-refractivity contribution in [1.29, 1.82) is 0 Å². The zero-order valence-corrected chi connectivity index (χ0v) is 15.0. The van der Waals surface area contributed by atoms with Gasteiger partial charge in [0.2, 0.25) is 0 Å². The normalized spacial score (nSPS) is 12.9. The summed E-state index contributed by atoms with van der Waals surface area (Å²) in [6.07, 6.45) is 0. The van der Waals surface area contributed by atoms with Crippen LogP contribution in [0.3, 0.4) is 0 Å². The van der Waals surface area contributed by atoms with Crippen molar-refractivity contribution < 1.29 is 19.8 Å². The molecule has 0 spiro atoms. The second-order valence-corrected chi connectivity index (χ2v) is 6.60. The fourth-order valence-corrected chi connectivity index (χ4v) is 3.24. The molecule has 0 heterocycles. The molecule has 0 aliphatic rings. The topological polar surface area (TPSA) is 74.6 Å². The number of phenolic OH excluding ortho intramolecular Hbond substituents is 1. The van der Waals surface area contributed by atoms with Crippen LogP contribution in [0.25, 0.3) is 0 Å². The number of carbonyl (C=O) groups excluding carboxylic acids is 1. The third kappa shape index (κ3) is 4.18. The van der Waals surface area contributed by atoms with Gasteiger partial charge < -0.3 is 10.2 Å². The third-order valence-electron chi connectivity index (χ3n) is 4.42. The van der Waals surface area contributed by atoms with Crippen LogP contribution in [0.4, 0.5) is 0 Å². The van der Waals surface area contributed by atoms with Crippen LogP contribution in [0.5, 0.6) is 5.75 Å². The molecule has 0 aliphatic carbocycles. The molecule has 0 saturated heterocycles. The van der Waals surface area contributed by atoms with Gasteiger partial charge in [0.25, 0.3) is 0 Å². The number of carboxylic acid groups (broad SMARTS) is 1. The highest BCUT2D eigenvalue weighted by Gasteiger charge is 2.37. The van der Waals surface area contributed by atoms with Crippen molar-refractivity contribution in [2.24, 2.45) is 5.92 Å². The summed E-state index contributed by atoms with van der Waals surface area (Å²) in [5.74, 6) is -3.67. The zero-order valence-electron chi connectivity index (χ0n) is 14.2. The zero-order chi connectivity index (χ0) is 19.4. The van der Waals surface area contributed by atoms with Gasteiger partial charge in [-0.3, -0.25) is 9.59 Å². The first-order chi connectivity index (χ1) is 13.0. The van der Waals surface area contributed by atoms with Crippen LogP contribution in [0, 0.1) is 5.92 Å². The Hall–Kier alpha value is -3.11. The minimum Gasteiger partial charge on any atom is -0.508 e. The molecule has 4 nitrogen and oxygen atoms in total. The van der Waals surface area contributed by atoms with Crippen molar-refractivity contribution in [3.63, 3.8) is 0 Å². The highest BCUT2D eigenvalue weighted by Crippen LogP contribution is 2.35. The Morgan fingerprint density at radius 3 is 1.81 bits per heavy atom. The van der Waals surface area contributed by atoms with Crippen LogP contribution < -0.4 is 0 Å². The maximum absolute atomic E-state index is 13.1. The van der Waals surface area contributed by atoms with E-state index in [4.69, 9.17) is 11.6 Å². The molecule has 0 radical (unpaired) electrons. The van der Waals surface area contributed by atoms with Crippen LogP contribution in [0.1, 0.15) is 27.4 Å². The van der Waals surface area contributed by atoms with Crippen LogP contribution in [-0.4, -0.2) is 22.0 Å². The molecule has 5 heteroatoms. The summed E-state index contributed by atoms with van der Waals surface area (Å²) in [4.78, 5) is 25.2. The van der Waals surface area contributed by atoms with E-state index in [1.807, 2.05) is 0 Å². The van der Waals surface area contributed by atoms with Crippen LogP contribution >= 0.6 is 11.6 Å². The van der Waals surface area contributed by atoms with Crippen LogP contribution in [0.15, 0.2) is 78.9 Å². The van der Waals surface area contributed by atoms with Crippen molar-refractivity contribution >= 4 is 23.4 Å². The molecule has 0 aliphatic heterocycles. The van der Waals surface area contributed by atoms with Gasteiger partial charge in [0.1, 0.15) is 11.7 Å². The Balaban J connectivity index is 2.13. The second-order valence-electron chi connectivity index (χ2n) is 6.17. The molecule has 0 bridgehead atoms. The van der Waals surface area contributed by atoms with Crippen LogP contribution in [-0.2, 0) is 4.79 Å². The molecular formula is C22H17ClO4. The molecule has 0 fully saturated rings. The molecule has 3 rings (SSSR count). The Morgan fingerprint density at radius 2 is 1.30 bits per heavy atom. The van der Waals surface area contributed by atoms with Gasteiger partial charge in [-0.25, -0.2) is 0 Å². The average molecular weight is 381 g/mol. The summed E-state index contributed by atoms with van der Waals surface area (Å²) in [6, 6.07) is 21.3. The standard InChI is InChI=1S/C22H17ClO4/c23-17-10-6-14(7-11-17)19(15-8-12-18(24)13-9-15)20(22(26)27)21(25)16-4-2-1-3-5-16/h1-13,19-20,24H,(H,26,27)/t19-,20-/m1/s1. The summed E-state index contributed by atoms with van der Waals surface area (Å²) in [6.45, 7) is 0. The van der Waals surface area contributed by atoms with E-state index in [1.165, 1.54) is 12.1 Å². The Morgan fingerprint density at radius 1 is 0.778 bits per heavy atom. The summed E-state index contributed by atoms with van der Waals surface area (Å²) >= 11 is 5.97. The summed E-state index contributed by atoms with van der Waals surface area (Å²) in [5, 5.41) is 20.0. The number of carboxylic acids is 1. The number of aromatic hydroxyl groups is 1. The molecule has 0 saturated carbocycles. The lowest BCUT2D eigenvalue weighted by molar-refractivity contribution is -0.140. The predicted molar refractivity (Wildman–Crippen MR) is 103 cm³/mol. The van der Waals surface area contributed by atoms with Gasteiger partial charge in [0.15, 0.2) is 5.78 Å². The predicted octanol–water partition coefficient (Wildman–Crippen LogP) is 4.76. The number of hydrogen-bond donors (Lipinski definition) is 2. The first kappa shape index (κ1) is 18.7. The van der Waals surface area contributed by atoms with E-state index in [0.29, 0.717) is 21.7 Å². The van der Waals surface area contributed by atoms with Crippen molar-refractivity contribution in [3.8, 4) is 5.75 Å². The Kier molecular flexibility index (Phi) is 5.57. The molecule has 2 atom stereocenters. The molecule has 27 heavy (non-hydrogen) atoms. The largest absolute Gasteiger partial charge is 0.508 e. The fraction of sp³-hybridized carbons (Fsp3) is 0.0909. The molecular weight excluding hydrogens is 364 g/mol. The van der Waals surface area contributed by atoms with Gasteiger partial charge in [-0.15, -0.1) is 0 Å². The van der Waals surface area contributed by atoms with E-state index in [-0.39, 0.29) is 5.75 Å². The number of hydrogen-bond acceptors (Lipinski definition) is 3. The molecule has 0 unspecified atom stereocenters. The molecule has 2 N–H and O–H groups in total. The van der Waals surface area contributed by atoms with Crippen molar-refractivity contribution in [2.75, 3.05) is 0 Å². The van der Waals surface area contributed by atoms with E-state index in [0.717, 1.165) is 0 Å². The van der Waals surface area contributed by atoms with Gasteiger partial charge in [-0.05, 0) is 35.4 Å². The monoisotopic (exact) mass is 380 g/mol. The van der Waals surface area contributed by atoms with Gasteiger partial charge in [-0.1, -0.05) is 66.2 Å². The smallest absolute Gasteiger partial charge is 0.315 e. The minimum atomic E-state index is -1.32. The summed E-state index contributed by atoms with van der Waals surface area (Å²) < 4.78 is 0. The Bertz CT molecular complexity index is 889. The van der Waals surface area contributed by atoms with Gasteiger partial charge in [0.05, 0.1) is 0 Å². The van der Waals surface area contributed by atoms with Gasteiger partial charge in [-0.2, -0.15) is 0 Å². The number of carbonyl (C=O) groups is 2. The lowest BCUT2D eigenvalue weighted by atomic mass is 9.77. The number of phenols is 1. The van der Waals surface area contributed by atoms with E-state index in [9.17, 15) is 19.8 Å². The van der Waals surface area contributed by atoms with Gasteiger partial charge in [0, 0.05) is 16.5 Å². The number of aliphatic carboxylic acids is 1. The van der Waals surface area contributed by atoms with Crippen LogP contribution in [0.2, 0.25) is 5.02 Å². The molecule has 0 aromatic heterocycles. The van der Waals surface area contributed by atoms with E-state index in [1.54, 1.807) is 66.7 Å². The summed E-state index contributed by atoms with van der Waals surface area (Å²) in [7, 11) is 0. The number of Topliss-reactive ketones (excluding diaryl/α,β-unsaturated/α-hetero) is 1. The van der Waals surface area contributed by atoms with Crippen molar-refractivity contribution in [2.45, 2.75) is 5.92 Å². The second kappa shape index (κ2) is 8.06. The first-order valence-electron chi connectivity index (χ1n) is 8.34. The molecule has 0 amide bonds. The van der Waals surface area contributed by atoms with E-state index >= 15 is 0 Å². The number of rotatable bonds is 6. The third-order valence-corrected chi connectivity index (χ3v) is 4.67. The highest BCUT2D eigenvalue weighted by molar-refractivity contribution is 6.30. The lowest BCUT2D eigenvalue weighted by Crippen LogP contribution is -2.31. The van der Waals surface area contributed by atoms with E-state index in [2.05, 4.69) is 0 Å². The quantitative estimate of drug-likeness (QED) is 0.477. The fourth-order valence-electron chi connectivity index (χ4n) is 3.12. The summed E-state index contributed by atoms with van der Waals surface area (Å²) in [5.41, 5.74) is 1.61. The average Bonchev–Trinajstić information content (AvgIpc) is 2.68. The Labute approximate surface area is 161 Å². The van der Waals surface area contributed by atoms with E-state index < -0.39 is 23.6 Å². The number of benzene rings is 3. The van der Waals surface area contributed by atoms with Crippen molar-refractivity contribution in [3.05, 3.63) is 101 Å².